The molecule has 1 aliphatic heterocycles. The Morgan fingerprint density at radius 1 is 1.08 bits per heavy atom. The van der Waals surface area contributed by atoms with Gasteiger partial charge in [-0.15, -0.1) is 0 Å². The number of fused-ring (bicyclic) bond motifs is 3. The van der Waals surface area contributed by atoms with Gasteiger partial charge in [-0.3, -0.25) is 4.79 Å². The predicted molar refractivity (Wildman–Crippen MR) is 104 cm³/mol. The zero-order valence-corrected chi connectivity index (χ0v) is 15.2. The number of H-pyrrole nitrogens is 1. The van der Waals surface area contributed by atoms with Crippen LogP contribution >= 0.6 is 0 Å². The third kappa shape index (κ3) is 2.38. The molecule has 0 unspecified atom stereocenters. The van der Waals surface area contributed by atoms with Crippen molar-refractivity contribution in [3.05, 3.63) is 70.9 Å². The van der Waals surface area contributed by atoms with E-state index < -0.39 is 0 Å². The number of nitrogens with zero attached hydrogens (tertiary/aromatic N) is 1. The molecular weight excluding hydrogens is 320 g/mol. The minimum Gasteiger partial charge on any atom is -0.356 e. The van der Waals surface area contributed by atoms with Crippen LogP contribution in [0.3, 0.4) is 0 Å². The molecule has 132 valence electrons. The van der Waals surface area contributed by atoms with E-state index in [1.54, 1.807) is 0 Å². The molecule has 3 heteroatoms. The summed E-state index contributed by atoms with van der Waals surface area (Å²) >= 11 is 0. The summed E-state index contributed by atoms with van der Waals surface area (Å²) in [6, 6.07) is 17.2. The molecule has 0 bridgehead atoms. The molecule has 0 saturated heterocycles. The van der Waals surface area contributed by atoms with Crippen molar-refractivity contribution in [2.45, 2.75) is 38.6 Å². The molecule has 1 aromatic heterocycles. The fourth-order valence-corrected chi connectivity index (χ4v) is 4.46. The van der Waals surface area contributed by atoms with Gasteiger partial charge in [0.1, 0.15) is 0 Å². The maximum atomic E-state index is 13.2. The molecule has 5 rings (SSSR count). The molecule has 1 saturated carbocycles. The summed E-state index contributed by atoms with van der Waals surface area (Å²) in [6.45, 7) is 2.92. The van der Waals surface area contributed by atoms with Gasteiger partial charge in [-0.2, -0.15) is 0 Å². The van der Waals surface area contributed by atoms with E-state index in [9.17, 15) is 4.79 Å². The number of aromatic amines is 1. The van der Waals surface area contributed by atoms with Crippen molar-refractivity contribution in [2.75, 3.05) is 6.54 Å². The van der Waals surface area contributed by atoms with Crippen LogP contribution < -0.4 is 0 Å². The maximum Gasteiger partial charge on any atom is 0.226 e. The van der Waals surface area contributed by atoms with E-state index >= 15 is 0 Å². The largest absolute Gasteiger partial charge is 0.356 e. The number of aromatic nitrogens is 1. The van der Waals surface area contributed by atoms with Crippen molar-refractivity contribution in [1.82, 2.24) is 9.88 Å². The summed E-state index contributed by atoms with van der Waals surface area (Å²) in [7, 11) is 0. The first-order chi connectivity index (χ1) is 12.7. The lowest BCUT2D eigenvalue weighted by Gasteiger charge is -2.40. The van der Waals surface area contributed by atoms with Crippen LogP contribution in [0.4, 0.5) is 0 Å². The highest BCUT2D eigenvalue weighted by atomic mass is 16.2. The Balaban J connectivity index is 1.65. The first-order valence-electron chi connectivity index (χ1n) is 9.69. The molecule has 1 N–H and O–H groups in total. The Bertz CT molecular complexity index is 966. The zero-order chi connectivity index (χ0) is 17.7. The zero-order valence-electron chi connectivity index (χ0n) is 15.2. The summed E-state index contributed by atoms with van der Waals surface area (Å²) in [5, 5.41) is 1.30. The predicted octanol–water partition coefficient (Wildman–Crippen LogP) is 4.75. The SMILES string of the molecule is Cc1ccc([C@H]2c3[nH]c4ccccc4c3CCN2C(=O)C2CCC2)cc1. The summed E-state index contributed by atoms with van der Waals surface area (Å²) in [5.41, 5.74) is 6.21. The average Bonchev–Trinajstić information content (AvgIpc) is 2.99. The molecule has 0 radical (unpaired) electrons. The molecule has 2 aromatic carbocycles. The summed E-state index contributed by atoms with van der Waals surface area (Å²) in [6.07, 6.45) is 4.22. The van der Waals surface area contributed by atoms with E-state index in [-0.39, 0.29) is 12.0 Å². The fourth-order valence-electron chi connectivity index (χ4n) is 4.46. The minimum absolute atomic E-state index is 0.000139. The molecular formula is C23H24N2O. The second-order valence-electron chi connectivity index (χ2n) is 7.79. The Kier molecular flexibility index (Phi) is 3.63. The molecule has 2 aliphatic rings. The highest BCUT2D eigenvalue weighted by molar-refractivity contribution is 5.87. The van der Waals surface area contributed by atoms with Gasteiger partial charge >= 0.3 is 0 Å². The topological polar surface area (TPSA) is 36.1 Å². The molecule has 3 nitrogen and oxygen atoms in total. The Hall–Kier alpha value is -2.55. The van der Waals surface area contributed by atoms with Gasteiger partial charge < -0.3 is 9.88 Å². The van der Waals surface area contributed by atoms with Gasteiger partial charge in [0.2, 0.25) is 5.91 Å². The number of nitrogens with one attached hydrogen (secondary N) is 1. The normalized spacial score (nSPS) is 20.0. The van der Waals surface area contributed by atoms with Crippen molar-refractivity contribution in [3.8, 4) is 0 Å². The van der Waals surface area contributed by atoms with Crippen LogP contribution in [0.25, 0.3) is 10.9 Å². The number of amides is 1. The maximum absolute atomic E-state index is 13.2. The van der Waals surface area contributed by atoms with Gasteiger partial charge in [-0.05, 0) is 43.4 Å². The molecule has 1 amide bonds. The number of rotatable bonds is 2. The van der Waals surface area contributed by atoms with Gasteiger partial charge in [-0.25, -0.2) is 0 Å². The second-order valence-corrected chi connectivity index (χ2v) is 7.79. The highest BCUT2D eigenvalue weighted by Crippen LogP contribution is 2.40. The van der Waals surface area contributed by atoms with E-state index in [0.717, 1.165) is 25.8 Å². The lowest BCUT2D eigenvalue weighted by Crippen LogP contribution is -2.45. The second kappa shape index (κ2) is 6.01. The summed E-state index contributed by atoms with van der Waals surface area (Å²) < 4.78 is 0. The monoisotopic (exact) mass is 344 g/mol. The lowest BCUT2D eigenvalue weighted by molar-refractivity contribution is -0.140. The van der Waals surface area contributed by atoms with E-state index in [4.69, 9.17) is 0 Å². The molecule has 3 aromatic rings. The molecule has 1 aliphatic carbocycles. The number of benzene rings is 2. The van der Waals surface area contributed by atoms with Crippen LogP contribution in [-0.4, -0.2) is 22.3 Å². The number of para-hydroxylation sites is 1. The van der Waals surface area contributed by atoms with Crippen molar-refractivity contribution < 1.29 is 4.79 Å². The molecule has 1 fully saturated rings. The average molecular weight is 344 g/mol. The number of aryl methyl sites for hydroxylation is 1. The fraction of sp³-hybridized carbons (Fsp3) is 0.348. The molecule has 2 heterocycles. The Morgan fingerprint density at radius 2 is 1.85 bits per heavy atom. The Labute approximate surface area is 154 Å². The number of carbonyl (C=O) groups is 1. The van der Waals surface area contributed by atoms with Gasteiger partial charge in [-0.1, -0.05) is 54.4 Å². The molecule has 0 spiro atoms. The van der Waals surface area contributed by atoms with E-state index in [0.29, 0.717) is 5.91 Å². The van der Waals surface area contributed by atoms with E-state index in [1.165, 1.54) is 39.7 Å². The summed E-state index contributed by atoms with van der Waals surface area (Å²) in [5.74, 6) is 0.569. The third-order valence-corrected chi connectivity index (χ3v) is 6.17. The first kappa shape index (κ1) is 15.7. The number of hydrogen-bond acceptors (Lipinski definition) is 1. The van der Waals surface area contributed by atoms with E-state index in [2.05, 4.69) is 65.3 Å². The smallest absolute Gasteiger partial charge is 0.226 e. The third-order valence-electron chi connectivity index (χ3n) is 6.17. The summed E-state index contributed by atoms with van der Waals surface area (Å²) in [4.78, 5) is 18.9. The van der Waals surface area contributed by atoms with Crippen LogP contribution in [0.5, 0.6) is 0 Å². The molecule has 26 heavy (non-hydrogen) atoms. The number of hydrogen-bond donors (Lipinski definition) is 1. The molecule has 1 atom stereocenters. The van der Waals surface area contributed by atoms with Gasteiger partial charge in [0.05, 0.1) is 6.04 Å². The van der Waals surface area contributed by atoms with Crippen LogP contribution in [0.2, 0.25) is 0 Å². The van der Waals surface area contributed by atoms with Crippen molar-refractivity contribution >= 4 is 16.8 Å². The minimum atomic E-state index is -0.000139. The quantitative estimate of drug-likeness (QED) is 0.715. The van der Waals surface area contributed by atoms with E-state index in [1.807, 2.05) is 0 Å². The van der Waals surface area contributed by atoms with Gasteiger partial charge in [0.15, 0.2) is 0 Å². The van der Waals surface area contributed by atoms with Crippen molar-refractivity contribution in [2.24, 2.45) is 5.92 Å². The van der Waals surface area contributed by atoms with Crippen molar-refractivity contribution in [1.29, 1.82) is 0 Å². The first-order valence-corrected chi connectivity index (χ1v) is 9.69. The lowest BCUT2D eigenvalue weighted by atomic mass is 9.82. The van der Waals surface area contributed by atoms with Crippen LogP contribution in [0.1, 0.15) is 47.7 Å². The number of carbonyl (C=O) groups excluding carboxylic acids is 1. The van der Waals surface area contributed by atoms with Crippen LogP contribution in [0, 0.1) is 12.8 Å². The standard InChI is InChI=1S/C23H24N2O/c1-15-9-11-16(12-10-15)22-21-19(18-7-2-3-8-20(18)24-21)13-14-25(22)23(26)17-5-4-6-17/h2-3,7-12,17,22,24H,4-6,13-14H2,1H3/t22-/m0/s1. The van der Waals surface area contributed by atoms with Gasteiger partial charge in [0.25, 0.3) is 0 Å². The Morgan fingerprint density at radius 3 is 2.58 bits per heavy atom. The van der Waals surface area contributed by atoms with Crippen LogP contribution in [0.15, 0.2) is 48.5 Å². The van der Waals surface area contributed by atoms with Gasteiger partial charge in [0, 0.05) is 29.1 Å². The highest BCUT2D eigenvalue weighted by Gasteiger charge is 2.38. The van der Waals surface area contributed by atoms with Crippen LogP contribution in [-0.2, 0) is 11.2 Å². The van der Waals surface area contributed by atoms with Crippen molar-refractivity contribution in [3.63, 3.8) is 0 Å².